The number of hydrogen-bond donors (Lipinski definition) is 2. The summed E-state index contributed by atoms with van der Waals surface area (Å²) in [5.74, 6) is -1.35. The van der Waals surface area contributed by atoms with Crippen molar-refractivity contribution in [3.8, 4) is 0 Å². The Morgan fingerprint density at radius 3 is 2.40 bits per heavy atom. The average Bonchev–Trinajstić information content (AvgIpc) is 2.33. The van der Waals surface area contributed by atoms with E-state index in [1.165, 1.54) is 6.92 Å². The Morgan fingerprint density at radius 1 is 1.25 bits per heavy atom. The van der Waals surface area contributed by atoms with E-state index in [0.29, 0.717) is 5.56 Å². The molecule has 0 amide bonds. The molecule has 9 heteroatoms. The van der Waals surface area contributed by atoms with Crippen LogP contribution in [0.3, 0.4) is 0 Å². The molecule has 0 bridgehead atoms. The molecule has 0 atom stereocenters. The van der Waals surface area contributed by atoms with Crippen LogP contribution in [0.25, 0.3) is 0 Å². The molecule has 0 aliphatic heterocycles. The summed E-state index contributed by atoms with van der Waals surface area (Å²) in [7, 11) is -7.42. The molecule has 1 aromatic carbocycles. The number of halogens is 1. The molecule has 114 valence electrons. The maximum atomic E-state index is 13.7. The number of aryl methyl sites for hydroxylation is 1. The Hall–Kier alpha value is -1.19. The van der Waals surface area contributed by atoms with Crippen molar-refractivity contribution in [2.75, 3.05) is 23.8 Å². The highest BCUT2D eigenvalue weighted by Crippen LogP contribution is 2.21. The maximum absolute atomic E-state index is 13.7. The SMILES string of the molecule is CCS(=O)(=O)CCNS(=O)(=O)c1cc(N)c(C)cc1F. The van der Waals surface area contributed by atoms with Gasteiger partial charge in [0.25, 0.3) is 0 Å². The van der Waals surface area contributed by atoms with Gasteiger partial charge in [0.05, 0.1) is 5.75 Å². The van der Waals surface area contributed by atoms with Crippen molar-refractivity contribution in [1.29, 1.82) is 0 Å². The lowest BCUT2D eigenvalue weighted by Crippen LogP contribution is -2.30. The molecule has 0 radical (unpaired) electrons. The topological polar surface area (TPSA) is 106 Å². The molecular formula is C11H17FN2O4S2. The van der Waals surface area contributed by atoms with Crippen LogP contribution in [-0.2, 0) is 19.9 Å². The molecule has 0 aliphatic carbocycles. The van der Waals surface area contributed by atoms with Gasteiger partial charge in [-0.1, -0.05) is 6.92 Å². The van der Waals surface area contributed by atoms with E-state index in [1.807, 2.05) is 0 Å². The summed E-state index contributed by atoms with van der Waals surface area (Å²) < 4.78 is 62.0. The lowest BCUT2D eigenvalue weighted by atomic mass is 10.2. The van der Waals surface area contributed by atoms with Gasteiger partial charge >= 0.3 is 0 Å². The van der Waals surface area contributed by atoms with Crippen LogP contribution in [0.1, 0.15) is 12.5 Å². The molecule has 0 heterocycles. The third-order valence-corrected chi connectivity index (χ3v) is 5.94. The third-order valence-electron chi connectivity index (χ3n) is 2.76. The summed E-state index contributed by atoms with van der Waals surface area (Å²) in [5.41, 5.74) is 6.12. The van der Waals surface area contributed by atoms with Crippen LogP contribution in [-0.4, -0.2) is 34.9 Å². The fraction of sp³-hybridized carbons (Fsp3) is 0.455. The molecule has 0 aromatic heterocycles. The van der Waals surface area contributed by atoms with E-state index in [0.717, 1.165) is 12.1 Å². The van der Waals surface area contributed by atoms with Crippen LogP contribution in [0, 0.1) is 12.7 Å². The van der Waals surface area contributed by atoms with Crippen molar-refractivity contribution < 1.29 is 21.2 Å². The second kappa shape index (κ2) is 6.06. The Kier molecular flexibility index (Phi) is 5.11. The number of nitrogens with one attached hydrogen (secondary N) is 1. The standard InChI is InChI=1S/C11H17FN2O4S2/c1-3-19(15,16)5-4-14-20(17,18)11-7-10(13)8(2)6-9(11)12/h6-7,14H,3-5,13H2,1-2H3. The van der Waals surface area contributed by atoms with Gasteiger partial charge in [-0.2, -0.15) is 0 Å². The van der Waals surface area contributed by atoms with Gasteiger partial charge in [0, 0.05) is 18.0 Å². The quantitative estimate of drug-likeness (QED) is 0.738. The molecule has 0 spiro atoms. The minimum atomic E-state index is -4.13. The molecule has 0 saturated carbocycles. The fourth-order valence-corrected chi connectivity index (χ4v) is 3.38. The van der Waals surface area contributed by atoms with E-state index in [1.54, 1.807) is 6.92 Å². The van der Waals surface area contributed by atoms with Crippen LogP contribution >= 0.6 is 0 Å². The monoisotopic (exact) mass is 324 g/mol. The third kappa shape index (κ3) is 4.15. The average molecular weight is 324 g/mol. The number of benzene rings is 1. The van der Waals surface area contributed by atoms with E-state index in [2.05, 4.69) is 4.72 Å². The zero-order chi connectivity index (χ0) is 15.6. The largest absolute Gasteiger partial charge is 0.398 e. The number of rotatable bonds is 6. The Labute approximate surface area is 118 Å². The summed E-state index contributed by atoms with van der Waals surface area (Å²) in [6.07, 6.45) is 0. The van der Waals surface area contributed by atoms with Crippen LogP contribution < -0.4 is 10.5 Å². The summed E-state index contributed by atoms with van der Waals surface area (Å²) in [5, 5.41) is 0. The molecule has 1 rings (SSSR count). The first kappa shape index (κ1) is 16.9. The molecule has 0 fully saturated rings. The maximum Gasteiger partial charge on any atom is 0.243 e. The van der Waals surface area contributed by atoms with Gasteiger partial charge in [0.15, 0.2) is 9.84 Å². The Bertz CT molecular complexity index is 699. The van der Waals surface area contributed by atoms with Gasteiger partial charge in [-0.25, -0.2) is 25.9 Å². The number of sulfone groups is 1. The summed E-state index contributed by atoms with van der Waals surface area (Å²) >= 11 is 0. The highest BCUT2D eigenvalue weighted by molar-refractivity contribution is 7.91. The van der Waals surface area contributed by atoms with Gasteiger partial charge < -0.3 is 5.73 Å². The molecular weight excluding hydrogens is 307 g/mol. The second-order valence-corrected chi connectivity index (χ2v) is 8.48. The van der Waals surface area contributed by atoms with Crippen LogP contribution in [0.4, 0.5) is 10.1 Å². The van der Waals surface area contributed by atoms with Gasteiger partial charge in [-0.3, -0.25) is 0 Å². The van der Waals surface area contributed by atoms with Gasteiger partial charge in [0.1, 0.15) is 10.7 Å². The summed E-state index contributed by atoms with van der Waals surface area (Å²) in [4.78, 5) is -0.588. The predicted molar refractivity (Wildman–Crippen MR) is 75.1 cm³/mol. The summed E-state index contributed by atoms with van der Waals surface area (Å²) in [6.45, 7) is 2.70. The molecule has 3 N–H and O–H groups in total. The van der Waals surface area contributed by atoms with Crippen molar-refractivity contribution in [3.05, 3.63) is 23.5 Å². The molecule has 1 aromatic rings. The summed E-state index contributed by atoms with van der Waals surface area (Å²) in [6, 6.07) is 2.04. The number of anilines is 1. The van der Waals surface area contributed by atoms with Crippen molar-refractivity contribution in [1.82, 2.24) is 4.72 Å². The van der Waals surface area contributed by atoms with E-state index >= 15 is 0 Å². The highest BCUT2D eigenvalue weighted by atomic mass is 32.2. The predicted octanol–water partition coefficient (Wildman–Crippen LogP) is 0.429. The molecule has 0 saturated heterocycles. The van der Waals surface area contributed by atoms with Crippen molar-refractivity contribution in [2.24, 2.45) is 0 Å². The first-order chi connectivity index (χ1) is 9.09. The molecule has 0 aliphatic rings. The van der Waals surface area contributed by atoms with Crippen LogP contribution in [0.5, 0.6) is 0 Å². The lowest BCUT2D eigenvalue weighted by Gasteiger charge is -2.09. The van der Waals surface area contributed by atoms with Crippen molar-refractivity contribution >= 4 is 25.5 Å². The van der Waals surface area contributed by atoms with E-state index in [9.17, 15) is 21.2 Å². The lowest BCUT2D eigenvalue weighted by molar-refractivity contribution is 0.558. The van der Waals surface area contributed by atoms with Gasteiger partial charge in [-0.15, -0.1) is 0 Å². The molecule has 20 heavy (non-hydrogen) atoms. The normalized spacial score (nSPS) is 12.6. The smallest absolute Gasteiger partial charge is 0.243 e. The van der Waals surface area contributed by atoms with E-state index in [-0.39, 0.29) is 23.7 Å². The van der Waals surface area contributed by atoms with Crippen LogP contribution in [0.2, 0.25) is 0 Å². The van der Waals surface area contributed by atoms with Crippen molar-refractivity contribution in [2.45, 2.75) is 18.7 Å². The molecule has 0 unspecified atom stereocenters. The first-order valence-electron chi connectivity index (χ1n) is 5.85. The number of hydrogen-bond acceptors (Lipinski definition) is 5. The van der Waals surface area contributed by atoms with Crippen LogP contribution in [0.15, 0.2) is 17.0 Å². The minimum Gasteiger partial charge on any atom is -0.398 e. The minimum absolute atomic E-state index is 0.0828. The van der Waals surface area contributed by atoms with E-state index in [4.69, 9.17) is 5.73 Å². The second-order valence-electron chi connectivity index (χ2n) is 4.27. The number of sulfonamides is 1. The molecule has 6 nitrogen and oxygen atoms in total. The first-order valence-corrected chi connectivity index (χ1v) is 9.15. The fourth-order valence-electron chi connectivity index (χ4n) is 1.43. The highest BCUT2D eigenvalue weighted by Gasteiger charge is 2.20. The number of nitrogens with two attached hydrogens (primary N) is 1. The van der Waals surface area contributed by atoms with E-state index < -0.39 is 30.6 Å². The van der Waals surface area contributed by atoms with Gasteiger partial charge in [-0.05, 0) is 24.6 Å². The number of nitrogen functional groups attached to an aromatic ring is 1. The zero-order valence-corrected chi connectivity index (χ0v) is 12.8. The Balaban J connectivity index is 2.93. The Morgan fingerprint density at radius 2 is 1.85 bits per heavy atom. The van der Waals surface area contributed by atoms with Crippen molar-refractivity contribution in [3.63, 3.8) is 0 Å². The van der Waals surface area contributed by atoms with Gasteiger partial charge in [0.2, 0.25) is 10.0 Å². The zero-order valence-electron chi connectivity index (χ0n) is 11.2.